The summed E-state index contributed by atoms with van der Waals surface area (Å²) in [6.45, 7) is 2.37. The maximum atomic E-state index is 12.8. The Morgan fingerprint density at radius 1 is 1.15 bits per heavy atom. The van der Waals surface area contributed by atoms with Crippen molar-refractivity contribution in [2.75, 3.05) is 0 Å². The minimum Gasteiger partial charge on any atom is -0.329 e. The molecule has 3 aromatic rings. The number of carbonyl (C=O) groups excluding carboxylic acids is 1. The van der Waals surface area contributed by atoms with Crippen molar-refractivity contribution in [3.05, 3.63) is 71.1 Å². The molecule has 1 aliphatic rings. The number of carbonyl (C=O) groups is 1. The van der Waals surface area contributed by atoms with Gasteiger partial charge in [-0.15, -0.1) is 0 Å². The number of halogens is 3. The van der Waals surface area contributed by atoms with E-state index in [9.17, 15) is 18.0 Å². The fraction of sp³-hybridized carbons (Fsp3) is 0.211. The van der Waals surface area contributed by atoms with Gasteiger partial charge in [-0.2, -0.15) is 18.2 Å². The SMILES string of the molecule is CC(c1ccccc1)N1Cc2ccc(-c3noc(C(F)(F)F)n3)cc2C1=O. The van der Waals surface area contributed by atoms with Crippen molar-refractivity contribution in [2.24, 2.45) is 0 Å². The van der Waals surface area contributed by atoms with Crippen LogP contribution in [0.15, 0.2) is 53.1 Å². The molecule has 0 aliphatic carbocycles. The van der Waals surface area contributed by atoms with Gasteiger partial charge in [-0.1, -0.05) is 47.6 Å². The van der Waals surface area contributed by atoms with Gasteiger partial charge in [-0.05, 0) is 24.1 Å². The summed E-state index contributed by atoms with van der Waals surface area (Å²) in [7, 11) is 0. The van der Waals surface area contributed by atoms with Gasteiger partial charge in [0.25, 0.3) is 5.91 Å². The van der Waals surface area contributed by atoms with E-state index in [1.807, 2.05) is 37.3 Å². The highest BCUT2D eigenvalue weighted by Gasteiger charge is 2.39. The summed E-state index contributed by atoms with van der Waals surface area (Å²) in [6, 6.07) is 14.3. The first-order valence-corrected chi connectivity index (χ1v) is 8.24. The maximum Gasteiger partial charge on any atom is 0.471 e. The molecule has 0 fully saturated rings. The van der Waals surface area contributed by atoms with E-state index in [0.717, 1.165) is 11.1 Å². The van der Waals surface area contributed by atoms with Gasteiger partial charge in [-0.25, -0.2) is 0 Å². The molecule has 1 aliphatic heterocycles. The van der Waals surface area contributed by atoms with E-state index in [-0.39, 0.29) is 17.8 Å². The van der Waals surface area contributed by atoms with Crippen LogP contribution >= 0.6 is 0 Å². The molecule has 1 unspecified atom stereocenters. The topological polar surface area (TPSA) is 59.2 Å². The molecule has 1 aromatic heterocycles. The fourth-order valence-corrected chi connectivity index (χ4v) is 3.14. The average Bonchev–Trinajstić information content (AvgIpc) is 3.27. The molecule has 0 N–H and O–H groups in total. The zero-order chi connectivity index (χ0) is 19.2. The number of rotatable bonds is 3. The predicted octanol–water partition coefficient (Wildman–Crippen LogP) is 4.47. The molecule has 2 aromatic carbocycles. The Kier molecular flexibility index (Phi) is 3.98. The van der Waals surface area contributed by atoms with Gasteiger partial charge >= 0.3 is 12.1 Å². The van der Waals surface area contributed by atoms with Crippen LogP contribution in [0.3, 0.4) is 0 Å². The quantitative estimate of drug-likeness (QED) is 0.680. The highest BCUT2D eigenvalue weighted by molar-refractivity contribution is 5.99. The highest BCUT2D eigenvalue weighted by Crippen LogP contribution is 2.34. The second kappa shape index (κ2) is 6.22. The summed E-state index contributed by atoms with van der Waals surface area (Å²) in [4.78, 5) is 17.9. The van der Waals surface area contributed by atoms with Crippen LogP contribution in [-0.4, -0.2) is 20.9 Å². The summed E-state index contributed by atoms with van der Waals surface area (Å²) in [5.74, 6) is -1.79. The summed E-state index contributed by atoms with van der Waals surface area (Å²) >= 11 is 0. The Bertz CT molecular complexity index is 999. The van der Waals surface area contributed by atoms with Gasteiger partial charge in [0.15, 0.2) is 0 Å². The third-order valence-electron chi connectivity index (χ3n) is 4.62. The molecule has 0 radical (unpaired) electrons. The van der Waals surface area contributed by atoms with Crippen molar-refractivity contribution >= 4 is 5.91 Å². The second-order valence-electron chi connectivity index (χ2n) is 6.31. The van der Waals surface area contributed by atoms with Crippen LogP contribution in [-0.2, 0) is 12.7 Å². The van der Waals surface area contributed by atoms with Gasteiger partial charge in [0.2, 0.25) is 5.82 Å². The van der Waals surface area contributed by atoms with Gasteiger partial charge in [0, 0.05) is 17.7 Å². The van der Waals surface area contributed by atoms with E-state index in [4.69, 9.17) is 0 Å². The predicted molar refractivity (Wildman–Crippen MR) is 89.5 cm³/mol. The summed E-state index contributed by atoms with van der Waals surface area (Å²) in [5.41, 5.74) is 2.56. The molecule has 1 amide bonds. The molecule has 4 rings (SSSR count). The Morgan fingerprint density at radius 3 is 2.56 bits per heavy atom. The van der Waals surface area contributed by atoms with Crippen LogP contribution in [0.5, 0.6) is 0 Å². The minimum atomic E-state index is -4.71. The molecule has 27 heavy (non-hydrogen) atoms. The zero-order valence-corrected chi connectivity index (χ0v) is 14.2. The van der Waals surface area contributed by atoms with Crippen molar-refractivity contribution in [1.29, 1.82) is 0 Å². The first-order valence-electron chi connectivity index (χ1n) is 8.24. The van der Waals surface area contributed by atoms with Crippen LogP contribution in [0, 0.1) is 0 Å². The number of amides is 1. The average molecular weight is 373 g/mol. The molecule has 0 saturated carbocycles. The van der Waals surface area contributed by atoms with E-state index >= 15 is 0 Å². The summed E-state index contributed by atoms with van der Waals surface area (Å²) in [5, 5.41) is 3.37. The number of fused-ring (bicyclic) bond motifs is 1. The van der Waals surface area contributed by atoms with E-state index < -0.39 is 12.1 Å². The molecule has 2 heterocycles. The van der Waals surface area contributed by atoms with Crippen molar-refractivity contribution in [2.45, 2.75) is 25.7 Å². The van der Waals surface area contributed by atoms with E-state index in [0.29, 0.717) is 17.7 Å². The minimum absolute atomic E-state index is 0.128. The number of nitrogens with zero attached hydrogens (tertiary/aromatic N) is 3. The number of hydrogen-bond donors (Lipinski definition) is 0. The number of benzene rings is 2. The van der Waals surface area contributed by atoms with Crippen LogP contribution in [0.25, 0.3) is 11.4 Å². The smallest absolute Gasteiger partial charge is 0.329 e. The first-order chi connectivity index (χ1) is 12.8. The molecular weight excluding hydrogens is 359 g/mol. The second-order valence-corrected chi connectivity index (χ2v) is 6.31. The van der Waals surface area contributed by atoms with Gasteiger partial charge in [0.05, 0.1) is 6.04 Å². The van der Waals surface area contributed by atoms with Crippen LogP contribution in [0.2, 0.25) is 0 Å². The van der Waals surface area contributed by atoms with Gasteiger partial charge in [0.1, 0.15) is 0 Å². The normalized spacial score (nSPS) is 15.1. The molecule has 1 atom stereocenters. The summed E-state index contributed by atoms with van der Waals surface area (Å²) in [6.07, 6.45) is -4.71. The van der Waals surface area contributed by atoms with E-state index in [1.165, 1.54) is 6.07 Å². The third kappa shape index (κ3) is 3.07. The molecule has 0 saturated heterocycles. The Labute approximate surface area is 152 Å². The molecule has 138 valence electrons. The summed E-state index contributed by atoms with van der Waals surface area (Å²) < 4.78 is 42.2. The first kappa shape index (κ1) is 17.3. The van der Waals surface area contributed by atoms with E-state index in [1.54, 1.807) is 17.0 Å². The lowest BCUT2D eigenvalue weighted by atomic mass is 10.1. The Morgan fingerprint density at radius 2 is 1.89 bits per heavy atom. The van der Waals surface area contributed by atoms with Crippen LogP contribution < -0.4 is 0 Å². The Balaban J connectivity index is 1.63. The largest absolute Gasteiger partial charge is 0.471 e. The highest BCUT2D eigenvalue weighted by atomic mass is 19.4. The van der Waals surface area contributed by atoms with E-state index in [2.05, 4.69) is 14.7 Å². The number of aromatic nitrogens is 2. The van der Waals surface area contributed by atoms with Gasteiger partial charge in [-0.3, -0.25) is 4.79 Å². The third-order valence-corrected chi connectivity index (χ3v) is 4.62. The molecule has 8 heteroatoms. The molecule has 0 spiro atoms. The van der Waals surface area contributed by atoms with Crippen molar-refractivity contribution < 1.29 is 22.5 Å². The molecular formula is C19H14F3N3O2. The number of alkyl halides is 3. The Hall–Kier alpha value is -3.16. The maximum absolute atomic E-state index is 12.8. The lowest BCUT2D eigenvalue weighted by Gasteiger charge is -2.24. The fourth-order valence-electron chi connectivity index (χ4n) is 3.14. The van der Waals surface area contributed by atoms with Crippen molar-refractivity contribution in [3.63, 3.8) is 0 Å². The van der Waals surface area contributed by atoms with Crippen LogP contribution in [0.4, 0.5) is 13.2 Å². The van der Waals surface area contributed by atoms with Crippen molar-refractivity contribution in [1.82, 2.24) is 15.0 Å². The zero-order valence-electron chi connectivity index (χ0n) is 14.2. The lowest BCUT2D eigenvalue weighted by molar-refractivity contribution is -0.159. The van der Waals surface area contributed by atoms with Gasteiger partial charge < -0.3 is 9.42 Å². The molecule has 5 nitrogen and oxygen atoms in total. The van der Waals surface area contributed by atoms with Crippen LogP contribution in [0.1, 0.15) is 40.3 Å². The van der Waals surface area contributed by atoms with Crippen molar-refractivity contribution in [3.8, 4) is 11.4 Å². The molecule has 0 bridgehead atoms. The number of hydrogen-bond acceptors (Lipinski definition) is 4. The standard InChI is InChI=1S/C19H14F3N3O2/c1-11(12-5-3-2-4-6-12)25-10-14-8-7-13(9-15(14)17(25)26)16-23-18(27-24-16)19(20,21)22/h2-9,11H,10H2,1H3. The lowest BCUT2D eigenvalue weighted by Crippen LogP contribution is -2.27. The monoisotopic (exact) mass is 373 g/mol.